The first-order valence-electron chi connectivity index (χ1n) is 9.12. The molecule has 146 valence electrons. The molecule has 0 spiro atoms. The van der Waals surface area contributed by atoms with Crippen molar-refractivity contribution in [3.8, 4) is 5.69 Å². The molecule has 28 heavy (non-hydrogen) atoms. The summed E-state index contributed by atoms with van der Waals surface area (Å²) in [5.74, 6) is 0.368. The number of piperazine rings is 1. The van der Waals surface area contributed by atoms with Crippen LogP contribution in [0.1, 0.15) is 27.5 Å². The summed E-state index contributed by atoms with van der Waals surface area (Å²) in [6, 6.07) is 6.33. The van der Waals surface area contributed by atoms with Crippen molar-refractivity contribution in [3.63, 3.8) is 0 Å². The van der Waals surface area contributed by atoms with Gasteiger partial charge in [-0.25, -0.2) is 9.07 Å². The van der Waals surface area contributed by atoms with E-state index in [1.807, 2.05) is 13.0 Å². The third-order valence-electron chi connectivity index (χ3n) is 4.83. The maximum absolute atomic E-state index is 13.3. The molecule has 0 N–H and O–H groups in total. The molecule has 1 amide bonds. The van der Waals surface area contributed by atoms with Gasteiger partial charge < -0.3 is 9.42 Å². The first kappa shape index (κ1) is 18.3. The van der Waals surface area contributed by atoms with Gasteiger partial charge >= 0.3 is 0 Å². The van der Waals surface area contributed by atoms with E-state index in [4.69, 9.17) is 4.52 Å². The number of carbonyl (C=O) groups is 1. The number of nitrogens with zero attached hydrogens (tertiary/aromatic N) is 6. The van der Waals surface area contributed by atoms with E-state index >= 15 is 0 Å². The summed E-state index contributed by atoms with van der Waals surface area (Å²) in [4.78, 5) is 16.8. The van der Waals surface area contributed by atoms with Crippen LogP contribution in [0.25, 0.3) is 5.69 Å². The minimum Gasteiger partial charge on any atom is -0.360 e. The van der Waals surface area contributed by atoms with Crippen LogP contribution in [0.5, 0.6) is 0 Å². The lowest BCUT2D eigenvalue weighted by Crippen LogP contribution is -2.48. The molecule has 8 nitrogen and oxygen atoms in total. The van der Waals surface area contributed by atoms with Gasteiger partial charge in [0.15, 0.2) is 11.5 Å². The number of halogens is 1. The van der Waals surface area contributed by atoms with Crippen LogP contribution in [0.4, 0.5) is 4.39 Å². The maximum atomic E-state index is 13.3. The van der Waals surface area contributed by atoms with Crippen molar-refractivity contribution in [2.45, 2.75) is 20.4 Å². The number of rotatable bonds is 4. The van der Waals surface area contributed by atoms with E-state index in [1.54, 1.807) is 24.1 Å². The van der Waals surface area contributed by atoms with Crippen molar-refractivity contribution < 1.29 is 13.7 Å². The predicted octanol–water partition coefficient (Wildman–Crippen LogP) is 1.97. The summed E-state index contributed by atoms with van der Waals surface area (Å²) in [5, 5.41) is 11.9. The number of benzene rings is 1. The van der Waals surface area contributed by atoms with Crippen molar-refractivity contribution in [3.05, 3.63) is 59.0 Å². The molecular weight excluding hydrogens is 363 g/mol. The molecule has 2 aromatic heterocycles. The van der Waals surface area contributed by atoms with E-state index < -0.39 is 0 Å². The Kier molecular flexibility index (Phi) is 4.91. The fraction of sp³-hybridized carbons (Fsp3) is 0.368. The SMILES string of the molecule is Cc1cc(CN2CCN(C(=O)c3cn(-c4ccc(F)cc4C)nn3)CC2)on1. The monoisotopic (exact) mass is 384 g/mol. The highest BCUT2D eigenvalue weighted by molar-refractivity contribution is 5.92. The standard InChI is InChI=1S/C19H21FN6O2/c1-13-9-15(20)3-4-18(13)26-12-17(21-23-26)19(27)25-7-5-24(6-8-25)11-16-10-14(2)22-28-16/h3-4,9-10,12H,5-8,11H2,1-2H3. The van der Waals surface area contributed by atoms with E-state index in [2.05, 4.69) is 20.4 Å². The fourth-order valence-corrected chi connectivity index (χ4v) is 3.34. The van der Waals surface area contributed by atoms with E-state index in [1.165, 1.54) is 16.8 Å². The Hall–Kier alpha value is -3.07. The zero-order valence-corrected chi connectivity index (χ0v) is 15.8. The predicted molar refractivity (Wildman–Crippen MR) is 98.5 cm³/mol. The Morgan fingerprint density at radius 1 is 1.18 bits per heavy atom. The summed E-state index contributed by atoms with van der Waals surface area (Å²) in [5.41, 5.74) is 2.56. The molecule has 1 aliphatic rings. The number of hydrogen-bond acceptors (Lipinski definition) is 6. The zero-order chi connectivity index (χ0) is 19.7. The Bertz CT molecular complexity index is 990. The molecule has 0 atom stereocenters. The van der Waals surface area contributed by atoms with Gasteiger partial charge in [0.05, 0.1) is 24.1 Å². The zero-order valence-electron chi connectivity index (χ0n) is 15.8. The van der Waals surface area contributed by atoms with Crippen molar-refractivity contribution in [2.24, 2.45) is 0 Å². The number of amides is 1. The van der Waals surface area contributed by atoms with Crippen LogP contribution >= 0.6 is 0 Å². The van der Waals surface area contributed by atoms with Crippen LogP contribution < -0.4 is 0 Å². The van der Waals surface area contributed by atoms with Crippen LogP contribution in [-0.2, 0) is 6.54 Å². The van der Waals surface area contributed by atoms with Gasteiger partial charge in [0.2, 0.25) is 0 Å². The van der Waals surface area contributed by atoms with Crippen LogP contribution in [0.3, 0.4) is 0 Å². The van der Waals surface area contributed by atoms with Gasteiger partial charge in [-0.3, -0.25) is 9.69 Å². The second-order valence-electron chi connectivity index (χ2n) is 6.98. The van der Waals surface area contributed by atoms with Crippen LogP contribution in [0.2, 0.25) is 0 Å². The van der Waals surface area contributed by atoms with Crippen LogP contribution in [0, 0.1) is 19.7 Å². The van der Waals surface area contributed by atoms with Gasteiger partial charge in [-0.2, -0.15) is 0 Å². The summed E-state index contributed by atoms with van der Waals surface area (Å²) in [7, 11) is 0. The minimum atomic E-state index is -0.309. The molecular formula is C19H21FN6O2. The lowest BCUT2D eigenvalue weighted by atomic mass is 10.2. The van der Waals surface area contributed by atoms with Crippen LogP contribution in [-0.4, -0.2) is 62.0 Å². The normalized spacial score (nSPS) is 15.2. The average Bonchev–Trinajstić information content (AvgIpc) is 3.31. The lowest BCUT2D eigenvalue weighted by molar-refractivity contribution is 0.0611. The van der Waals surface area contributed by atoms with Crippen molar-refractivity contribution in [1.82, 2.24) is 30.0 Å². The Labute approximate surface area is 161 Å². The summed E-state index contributed by atoms with van der Waals surface area (Å²) in [6.45, 7) is 7.07. The first-order chi connectivity index (χ1) is 13.5. The topological polar surface area (TPSA) is 80.3 Å². The third-order valence-corrected chi connectivity index (χ3v) is 4.83. The highest BCUT2D eigenvalue weighted by Crippen LogP contribution is 2.16. The second kappa shape index (κ2) is 7.51. The third kappa shape index (κ3) is 3.79. The number of carbonyl (C=O) groups excluding carboxylic acids is 1. The molecule has 9 heteroatoms. The van der Waals surface area contributed by atoms with E-state index in [9.17, 15) is 9.18 Å². The van der Waals surface area contributed by atoms with Gasteiger partial charge in [0.1, 0.15) is 5.82 Å². The van der Waals surface area contributed by atoms with Gasteiger partial charge in [-0.05, 0) is 37.6 Å². The molecule has 0 saturated carbocycles. The molecule has 0 unspecified atom stereocenters. The molecule has 1 aliphatic heterocycles. The number of aryl methyl sites for hydroxylation is 2. The molecule has 1 fully saturated rings. The van der Waals surface area contributed by atoms with Gasteiger partial charge in [-0.15, -0.1) is 5.10 Å². The van der Waals surface area contributed by atoms with E-state index in [-0.39, 0.29) is 17.4 Å². The van der Waals surface area contributed by atoms with Gasteiger partial charge in [0.25, 0.3) is 5.91 Å². The minimum absolute atomic E-state index is 0.152. The summed E-state index contributed by atoms with van der Waals surface area (Å²) in [6.07, 6.45) is 1.59. The first-order valence-corrected chi connectivity index (χ1v) is 9.12. The quantitative estimate of drug-likeness (QED) is 0.684. The molecule has 3 heterocycles. The Balaban J connectivity index is 1.38. The molecule has 0 aliphatic carbocycles. The molecule has 3 aromatic rings. The van der Waals surface area contributed by atoms with E-state index in [0.717, 1.165) is 30.1 Å². The number of aromatic nitrogens is 4. The maximum Gasteiger partial charge on any atom is 0.276 e. The fourth-order valence-electron chi connectivity index (χ4n) is 3.34. The highest BCUT2D eigenvalue weighted by atomic mass is 19.1. The smallest absolute Gasteiger partial charge is 0.276 e. The molecule has 1 aromatic carbocycles. The molecule has 1 saturated heterocycles. The second-order valence-corrected chi connectivity index (χ2v) is 6.98. The van der Waals surface area contributed by atoms with Crippen molar-refractivity contribution >= 4 is 5.91 Å². The van der Waals surface area contributed by atoms with Crippen molar-refractivity contribution in [1.29, 1.82) is 0 Å². The molecule has 4 rings (SSSR count). The molecule has 0 radical (unpaired) electrons. The highest BCUT2D eigenvalue weighted by Gasteiger charge is 2.25. The summed E-state index contributed by atoms with van der Waals surface area (Å²) < 4.78 is 20.1. The van der Waals surface area contributed by atoms with Gasteiger partial charge in [0, 0.05) is 32.2 Å². The van der Waals surface area contributed by atoms with Gasteiger partial charge in [-0.1, -0.05) is 10.4 Å². The Morgan fingerprint density at radius 2 is 1.96 bits per heavy atom. The molecule has 0 bridgehead atoms. The van der Waals surface area contributed by atoms with Crippen molar-refractivity contribution in [2.75, 3.05) is 26.2 Å². The van der Waals surface area contributed by atoms with E-state index in [0.29, 0.717) is 25.3 Å². The largest absolute Gasteiger partial charge is 0.360 e. The average molecular weight is 384 g/mol. The lowest BCUT2D eigenvalue weighted by Gasteiger charge is -2.33. The Morgan fingerprint density at radius 3 is 2.64 bits per heavy atom. The summed E-state index contributed by atoms with van der Waals surface area (Å²) >= 11 is 0. The van der Waals surface area contributed by atoms with Crippen LogP contribution in [0.15, 0.2) is 35.0 Å². The number of hydrogen-bond donors (Lipinski definition) is 0.